The van der Waals surface area contributed by atoms with Crippen molar-refractivity contribution >= 4 is 22.8 Å². The van der Waals surface area contributed by atoms with Crippen molar-refractivity contribution in [1.82, 2.24) is 15.3 Å². The van der Waals surface area contributed by atoms with Crippen molar-refractivity contribution in [1.29, 1.82) is 0 Å². The van der Waals surface area contributed by atoms with Crippen molar-refractivity contribution in [3.63, 3.8) is 0 Å². The van der Waals surface area contributed by atoms with Gasteiger partial charge in [0.1, 0.15) is 5.82 Å². The van der Waals surface area contributed by atoms with Crippen LogP contribution in [0.2, 0.25) is 0 Å². The first-order chi connectivity index (χ1) is 15.3. The molecule has 1 amide bonds. The summed E-state index contributed by atoms with van der Waals surface area (Å²) >= 11 is 0. The number of rotatable bonds is 9. The minimum absolute atomic E-state index is 0.0620. The number of esters is 1. The van der Waals surface area contributed by atoms with E-state index in [-0.39, 0.29) is 36.4 Å². The highest BCUT2D eigenvalue weighted by atomic mass is 16.5. The number of amides is 1. The van der Waals surface area contributed by atoms with Crippen LogP contribution >= 0.6 is 0 Å². The van der Waals surface area contributed by atoms with Gasteiger partial charge in [-0.15, -0.1) is 0 Å². The number of aromatic nitrogens is 2. The van der Waals surface area contributed by atoms with Crippen LogP contribution in [0, 0.1) is 6.92 Å². The summed E-state index contributed by atoms with van der Waals surface area (Å²) in [7, 11) is 0. The fourth-order valence-electron chi connectivity index (χ4n) is 3.46. The summed E-state index contributed by atoms with van der Waals surface area (Å²) in [6.07, 6.45) is 1.08. The SMILES string of the molecule is Cc1ccc(C(CC(=O)OC(C)C)NC(=O)CCCc2nc3ccccc3c(=O)[nH]2)cc1. The molecule has 3 aromatic rings. The van der Waals surface area contributed by atoms with E-state index in [9.17, 15) is 14.4 Å². The third-order valence-electron chi connectivity index (χ3n) is 5.03. The van der Waals surface area contributed by atoms with Gasteiger partial charge in [-0.3, -0.25) is 14.4 Å². The number of nitrogens with zero attached hydrogens (tertiary/aromatic N) is 1. The molecule has 2 aromatic carbocycles. The number of nitrogens with one attached hydrogen (secondary N) is 2. The molecule has 32 heavy (non-hydrogen) atoms. The van der Waals surface area contributed by atoms with Gasteiger partial charge in [0.2, 0.25) is 5.91 Å². The average Bonchev–Trinajstić information content (AvgIpc) is 2.73. The molecule has 0 bridgehead atoms. The van der Waals surface area contributed by atoms with Crippen molar-refractivity contribution in [2.24, 2.45) is 0 Å². The Kier molecular flexibility index (Phi) is 7.76. The van der Waals surface area contributed by atoms with Crippen molar-refractivity contribution in [2.45, 2.75) is 58.6 Å². The Morgan fingerprint density at radius 3 is 2.53 bits per heavy atom. The van der Waals surface area contributed by atoms with Crippen LogP contribution < -0.4 is 10.9 Å². The van der Waals surface area contributed by atoms with Crippen LogP contribution in [0.4, 0.5) is 0 Å². The molecule has 7 nitrogen and oxygen atoms in total. The van der Waals surface area contributed by atoms with Gasteiger partial charge in [0.15, 0.2) is 0 Å². The van der Waals surface area contributed by atoms with E-state index >= 15 is 0 Å². The first-order valence-corrected chi connectivity index (χ1v) is 10.8. The average molecular weight is 436 g/mol. The largest absolute Gasteiger partial charge is 0.463 e. The third-order valence-corrected chi connectivity index (χ3v) is 5.03. The molecule has 0 aliphatic heterocycles. The molecule has 0 spiro atoms. The normalized spacial score (nSPS) is 12.0. The van der Waals surface area contributed by atoms with E-state index in [1.54, 1.807) is 32.0 Å². The van der Waals surface area contributed by atoms with Gasteiger partial charge >= 0.3 is 5.97 Å². The molecule has 1 atom stereocenters. The summed E-state index contributed by atoms with van der Waals surface area (Å²) in [5.41, 5.74) is 2.41. The molecular formula is C25H29N3O4. The first-order valence-electron chi connectivity index (χ1n) is 10.8. The maximum absolute atomic E-state index is 12.6. The number of aromatic amines is 1. The molecule has 1 unspecified atom stereocenters. The van der Waals surface area contributed by atoms with Gasteiger partial charge in [0.25, 0.3) is 5.56 Å². The van der Waals surface area contributed by atoms with Gasteiger partial charge in [-0.25, -0.2) is 4.98 Å². The Morgan fingerprint density at radius 2 is 1.81 bits per heavy atom. The molecule has 0 saturated heterocycles. The Morgan fingerprint density at radius 1 is 1.09 bits per heavy atom. The van der Waals surface area contributed by atoms with E-state index in [0.717, 1.165) is 11.1 Å². The third kappa shape index (κ3) is 6.51. The Hall–Kier alpha value is -3.48. The summed E-state index contributed by atoms with van der Waals surface area (Å²) in [6, 6.07) is 14.4. The smallest absolute Gasteiger partial charge is 0.308 e. The highest BCUT2D eigenvalue weighted by Gasteiger charge is 2.20. The lowest BCUT2D eigenvalue weighted by Crippen LogP contribution is -2.31. The second kappa shape index (κ2) is 10.7. The lowest BCUT2D eigenvalue weighted by molar-refractivity contribution is -0.148. The number of carbonyl (C=O) groups is 2. The molecule has 0 aliphatic carbocycles. The predicted molar refractivity (Wildman–Crippen MR) is 123 cm³/mol. The van der Waals surface area contributed by atoms with Crippen LogP contribution in [0.25, 0.3) is 10.9 Å². The van der Waals surface area contributed by atoms with Crippen LogP contribution in [-0.4, -0.2) is 27.9 Å². The van der Waals surface area contributed by atoms with Crippen LogP contribution in [0.15, 0.2) is 53.3 Å². The minimum Gasteiger partial charge on any atom is -0.463 e. The molecule has 0 saturated carbocycles. The summed E-state index contributed by atoms with van der Waals surface area (Å²) in [4.78, 5) is 44.3. The predicted octanol–water partition coefficient (Wildman–Crippen LogP) is 3.75. The van der Waals surface area contributed by atoms with E-state index in [1.807, 2.05) is 37.3 Å². The van der Waals surface area contributed by atoms with Crippen LogP contribution in [0.3, 0.4) is 0 Å². The molecule has 1 heterocycles. The first kappa shape index (κ1) is 23.2. The van der Waals surface area contributed by atoms with Crippen molar-refractivity contribution in [2.75, 3.05) is 0 Å². The van der Waals surface area contributed by atoms with Crippen LogP contribution in [0.1, 0.15) is 56.1 Å². The van der Waals surface area contributed by atoms with Crippen LogP contribution in [-0.2, 0) is 20.7 Å². The van der Waals surface area contributed by atoms with Gasteiger partial charge in [-0.05, 0) is 44.9 Å². The number of aryl methyl sites for hydroxylation is 2. The standard InChI is InChI=1S/C25H29N3O4/c1-16(2)32-24(30)15-21(18-13-11-17(3)12-14-18)27-23(29)10-6-9-22-26-20-8-5-4-7-19(20)25(31)28-22/h4-5,7-8,11-14,16,21H,6,9-10,15H2,1-3H3,(H,27,29)(H,26,28,31). The number of hydrogen-bond donors (Lipinski definition) is 2. The number of carbonyl (C=O) groups excluding carboxylic acids is 2. The molecule has 1 aromatic heterocycles. The highest BCUT2D eigenvalue weighted by Crippen LogP contribution is 2.19. The number of hydrogen-bond acceptors (Lipinski definition) is 5. The van der Waals surface area contributed by atoms with Gasteiger partial charge in [0, 0.05) is 12.8 Å². The molecule has 7 heteroatoms. The zero-order valence-corrected chi connectivity index (χ0v) is 18.7. The monoisotopic (exact) mass is 435 g/mol. The van der Waals surface area contributed by atoms with Crippen molar-refractivity contribution in [3.05, 3.63) is 75.8 Å². The summed E-state index contributed by atoms with van der Waals surface area (Å²) < 4.78 is 5.26. The van der Waals surface area contributed by atoms with Gasteiger partial charge in [-0.1, -0.05) is 42.0 Å². The summed E-state index contributed by atoms with van der Waals surface area (Å²) in [5, 5.41) is 3.50. The fraction of sp³-hybridized carbons (Fsp3) is 0.360. The Bertz CT molecular complexity index is 1140. The Labute approximate surface area is 187 Å². The van der Waals surface area contributed by atoms with E-state index in [1.165, 1.54) is 0 Å². The minimum atomic E-state index is -0.465. The van der Waals surface area contributed by atoms with E-state index < -0.39 is 6.04 Å². The molecular weight excluding hydrogens is 406 g/mol. The fourth-order valence-corrected chi connectivity index (χ4v) is 3.46. The number of fused-ring (bicyclic) bond motifs is 1. The van der Waals surface area contributed by atoms with Crippen LogP contribution in [0.5, 0.6) is 0 Å². The Balaban J connectivity index is 1.61. The molecule has 2 N–H and O–H groups in total. The van der Waals surface area contributed by atoms with Crippen molar-refractivity contribution < 1.29 is 14.3 Å². The van der Waals surface area contributed by atoms with Gasteiger partial charge < -0.3 is 15.0 Å². The maximum Gasteiger partial charge on any atom is 0.308 e. The molecule has 3 rings (SSSR count). The second-order valence-electron chi connectivity index (χ2n) is 8.16. The number of ether oxygens (including phenoxy) is 1. The summed E-state index contributed by atoms with van der Waals surface area (Å²) in [6.45, 7) is 5.57. The van der Waals surface area contributed by atoms with E-state index in [4.69, 9.17) is 4.74 Å². The lowest BCUT2D eigenvalue weighted by atomic mass is 10.0. The van der Waals surface area contributed by atoms with E-state index in [2.05, 4.69) is 15.3 Å². The molecule has 168 valence electrons. The molecule has 0 aliphatic rings. The number of H-pyrrole nitrogens is 1. The van der Waals surface area contributed by atoms with E-state index in [0.29, 0.717) is 29.6 Å². The number of para-hydroxylation sites is 1. The zero-order chi connectivity index (χ0) is 23.1. The highest BCUT2D eigenvalue weighted by molar-refractivity contribution is 5.78. The lowest BCUT2D eigenvalue weighted by Gasteiger charge is -2.19. The molecule has 0 fully saturated rings. The van der Waals surface area contributed by atoms with Gasteiger partial charge in [0.05, 0.1) is 29.5 Å². The zero-order valence-electron chi connectivity index (χ0n) is 18.7. The molecule has 0 radical (unpaired) electrons. The second-order valence-corrected chi connectivity index (χ2v) is 8.16. The van der Waals surface area contributed by atoms with Crippen molar-refractivity contribution in [3.8, 4) is 0 Å². The summed E-state index contributed by atoms with van der Waals surface area (Å²) in [5.74, 6) is 0.0250. The maximum atomic E-state index is 12.6. The topological polar surface area (TPSA) is 101 Å². The number of benzene rings is 2. The quantitative estimate of drug-likeness (QED) is 0.499. The van der Waals surface area contributed by atoms with Gasteiger partial charge in [-0.2, -0.15) is 0 Å².